The smallest absolute Gasteiger partial charge is 0.358 e. The maximum atomic E-state index is 12.3. The second-order valence-corrected chi connectivity index (χ2v) is 6.74. The van der Waals surface area contributed by atoms with Crippen molar-refractivity contribution in [3.05, 3.63) is 81.8 Å². The number of hydrogen-bond donors (Lipinski definition) is 0. The molecule has 0 atom stereocenters. The number of aromatic nitrogens is 2. The molecule has 0 saturated carbocycles. The molecule has 5 nitrogen and oxygen atoms in total. The first-order valence-electron chi connectivity index (χ1n) is 8.32. The number of rotatable bonds is 3. The number of nitrogens with zero attached hydrogens (tertiary/aromatic N) is 3. The molecule has 0 fully saturated rings. The second kappa shape index (κ2) is 6.88. The van der Waals surface area contributed by atoms with Gasteiger partial charge in [0, 0.05) is 15.6 Å². The van der Waals surface area contributed by atoms with Crippen LogP contribution >= 0.6 is 15.9 Å². The van der Waals surface area contributed by atoms with Crippen LogP contribution in [-0.4, -0.2) is 27.8 Å². The van der Waals surface area contributed by atoms with Crippen molar-refractivity contribution in [3.8, 4) is 5.69 Å². The maximum absolute atomic E-state index is 12.3. The number of carbonyl (C=O) groups is 1. The third-order valence-corrected chi connectivity index (χ3v) is 4.74. The molecule has 0 unspecified atom stereocenters. The molecular weight excluding hydrogens is 394 g/mol. The van der Waals surface area contributed by atoms with Gasteiger partial charge in [-0.1, -0.05) is 46.3 Å². The zero-order valence-corrected chi connectivity index (χ0v) is 15.7. The van der Waals surface area contributed by atoms with Gasteiger partial charge in [-0.2, -0.15) is 0 Å². The summed E-state index contributed by atoms with van der Waals surface area (Å²) in [5.41, 5.74) is 4.89. The first-order valence-corrected chi connectivity index (χ1v) is 9.12. The van der Waals surface area contributed by atoms with Crippen molar-refractivity contribution in [3.63, 3.8) is 0 Å². The Kier molecular flexibility index (Phi) is 4.42. The Morgan fingerprint density at radius 1 is 1.23 bits per heavy atom. The lowest BCUT2D eigenvalue weighted by atomic mass is 10.0. The van der Waals surface area contributed by atoms with Crippen LogP contribution in [0.4, 0.5) is 0 Å². The molecule has 0 spiro atoms. The summed E-state index contributed by atoms with van der Waals surface area (Å²) in [6, 6.07) is 16.1. The molecule has 1 aliphatic heterocycles. The van der Waals surface area contributed by atoms with Crippen molar-refractivity contribution in [1.82, 2.24) is 9.55 Å². The first-order chi connectivity index (χ1) is 12.7. The van der Waals surface area contributed by atoms with Crippen molar-refractivity contribution in [2.45, 2.75) is 13.5 Å². The fraction of sp³-hybridized carbons (Fsp3) is 0.150. The number of ether oxygens (including phenoxy) is 1. The SMILES string of the molecule is CCOC(=O)c1ncn2c1CN=C(c1ccccc1)c1cc(Br)ccc1-2. The van der Waals surface area contributed by atoms with Crippen molar-refractivity contribution < 1.29 is 9.53 Å². The van der Waals surface area contributed by atoms with E-state index in [0.717, 1.165) is 32.7 Å². The van der Waals surface area contributed by atoms with E-state index in [4.69, 9.17) is 9.73 Å². The number of fused-ring (bicyclic) bond motifs is 3. The van der Waals surface area contributed by atoms with Gasteiger partial charge in [0.25, 0.3) is 0 Å². The molecule has 0 saturated heterocycles. The van der Waals surface area contributed by atoms with Crippen LogP contribution in [0.25, 0.3) is 5.69 Å². The lowest BCUT2D eigenvalue weighted by molar-refractivity contribution is 0.0518. The molecule has 1 aliphatic rings. The first kappa shape index (κ1) is 16.7. The number of aliphatic imine (C=N–C) groups is 1. The summed E-state index contributed by atoms with van der Waals surface area (Å²) in [6.45, 7) is 2.45. The van der Waals surface area contributed by atoms with E-state index in [9.17, 15) is 4.79 Å². The highest BCUT2D eigenvalue weighted by molar-refractivity contribution is 9.10. The Labute approximate surface area is 159 Å². The molecule has 4 rings (SSSR count). The average Bonchev–Trinajstić information content (AvgIpc) is 3.00. The lowest BCUT2D eigenvalue weighted by Gasteiger charge is -2.12. The molecule has 0 amide bonds. The van der Waals surface area contributed by atoms with Crippen LogP contribution in [-0.2, 0) is 11.3 Å². The summed E-state index contributed by atoms with van der Waals surface area (Å²) in [7, 11) is 0. The van der Waals surface area contributed by atoms with E-state index in [2.05, 4.69) is 20.9 Å². The molecule has 0 N–H and O–H groups in total. The molecule has 6 heteroatoms. The highest BCUT2D eigenvalue weighted by Gasteiger charge is 2.25. The Balaban J connectivity index is 1.92. The molecule has 26 heavy (non-hydrogen) atoms. The van der Waals surface area contributed by atoms with E-state index < -0.39 is 5.97 Å². The molecular formula is C20H16BrN3O2. The van der Waals surface area contributed by atoms with E-state index in [-0.39, 0.29) is 0 Å². The molecule has 0 aliphatic carbocycles. The highest BCUT2D eigenvalue weighted by Crippen LogP contribution is 2.29. The number of halogens is 1. The third kappa shape index (κ3) is 2.86. The maximum Gasteiger partial charge on any atom is 0.358 e. The molecule has 2 heterocycles. The van der Waals surface area contributed by atoms with Crippen LogP contribution in [0.2, 0.25) is 0 Å². The zero-order valence-electron chi connectivity index (χ0n) is 14.1. The standard InChI is InChI=1S/C20H16BrN3O2/c1-2-26-20(25)19-17-11-22-18(13-6-4-3-5-7-13)15-10-14(21)8-9-16(15)24(17)12-23-19/h3-10,12H,2,11H2,1H3. The summed E-state index contributed by atoms with van der Waals surface area (Å²) in [6.07, 6.45) is 1.66. The minimum absolute atomic E-state index is 0.313. The van der Waals surface area contributed by atoms with Crippen LogP contribution in [0.5, 0.6) is 0 Å². The second-order valence-electron chi connectivity index (χ2n) is 5.82. The fourth-order valence-electron chi connectivity index (χ4n) is 3.09. The number of benzene rings is 2. The van der Waals surface area contributed by atoms with Gasteiger partial charge in [-0.15, -0.1) is 0 Å². The Hall–Kier alpha value is -2.73. The van der Waals surface area contributed by atoms with Gasteiger partial charge in [0.2, 0.25) is 0 Å². The van der Waals surface area contributed by atoms with Gasteiger partial charge in [-0.05, 0) is 25.1 Å². The van der Waals surface area contributed by atoms with Crippen molar-refractivity contribution in [2.75, 3.05) is 6.61 Å². The average molecular weight is 410 g/mol. The number of esters is 1. The van der Waals surface area contributed by atoms with Crippen LogP contribution in [0.3, 0.4) is 0 Å². The monoisotopic (exact) mass is 409 g/mol. The van der Waals surface area contributed by atoms with Gasteiger partial charge >= 0.3 is 5.97 Å². The van der Waals surface area contributed by atoms with Gasteiger partial charge in [-0.25, -0.2) is 9.78 Å². The van der Waals surface area contributed by atoms with Crippen molar-refractivity contribution >= 4 is 27.6 Å². The molecule has 0 bridgehead atoms. The number of imidazole rings is 1. The Bertz CT molecular complexity index is 1010. The Morgan fingerprint density at radius 3 is 2.81 bits per heavy atom. The number of carbonyl (C=O) groups excluding carboxylic acids is 1. The molecule has 0 radical (unpaired) electrons. The van der Waals surface area contributed by atoms with Crippen LogP contribution in [0, 0.1) is 0 Å². The predicted octanol–water partition coefficient (Wildman–Crippen LogP) is 4.16. The quantitative estimate of drug-likeness (QED) is 0.610. The zero-order chi connectivity index (χ0) is 18.1. The third-order valence-electron chi connectivity index (χ3n) is 4.24. The van der Waals surface area contributed by atoms with Gasteiger partial charge in [-0.3, -0.25) is 9.56 Å². The summed E-state index contributed by atoms with van der Waals surface area (Å²) in [5, 5.41) is 0. The van der Waals surface area contributed by atoms with Gasteiger partial charge in [0.15, 0.2) is 5.69 Å². The minimum atomic E-state index is -0.418. The van der Waals surface area contributed by atoms with Crippen LogP contribution in [0.15, 0.2) is 64.3 Å². The molecule has 3 aromatic rings. The predicted molar refractivity (Wildman–Crippen MR) is 103 cm³/mol. The normalized spacial score (nSPS) is 12.6. The van der Waals surface area contributed by atoms with Crippen molar-refractivity contribution in [1.29, 1.82) is 0 Å². The molecule has 2 aromatic carbocycles. The van der Waals surface area contributed by atoms with Crippen molar-refractivity contribution in [2.24, 2.45) is 4.99 Å². The van der Waals surface area contributed by atoms with Gasteiger partial charge in [0.1, 0.15) is 6.33 Å². The Morgan fingerprint density at radius 2 is 2.04 bits per heavy atom. The van der Waals surface area contributed by atoms with Crippen LogP contribution < -0.4 is 0 Å². The van der Waals surface area contributed by atoms with Gasteiger partial charge in [0.05, 0.1) is 30.2 Å². The molecule has 130 valence electrons. The van der Waals surface area contributed by atoms with E-state index >= 15 is 0 Å². The summed E-state index contributed by atoms with van der Waals surface area (Å²) in [4.78, 5) is 21.4. The minimum Gasteiger partial charge on any atom is -0.461 e. The number of hydrogen-bond acceptors (Lipinski definition) is 4. The van der Waals surface area contributed by atoms with E-state index in [0.29, 0.717) is 18.8 Å². The lowest BCUT2D eigenvalue weighted by Crippen LogP contribution is -2.09. The summed E-state index contributed by atoms with van der Waals surface area (Å²) in [5.74, 6) is -0.418. The molecule has 1 aromatic heterocycles. The summed E-state index contributed by atoms with van der Waals surface area (Å²) < 4.78 is 8.03. The highest BCUT2D eigenvalue weighted by atomic mass is 79.9. The fourth-order valence-corrected chi connectivity index (χ4v) is 3.45. The van der Waals surface area contributed by atoms with E-state index in [1.54, 1.807) is 13.3 Å². The summed E-state index contributed by atoms with van der Waals surface area (Å²) >= 11 is 3.55. The van der Waals surface area contributed by atoms with Gasteiger partial charge < -0.3 is 4.74 Å². The topological polar surface area (TPSA) is 56.5 Å². The van der Waals surface area contributed by atoms with E-state index in [1.807, 2.05) is 53.1 Å². The van der Waals surface area contributed by atoms with E-state index in [1.165, 1.54) is 0 Å². The van der Waals surface area contributed by atoms with Crippen LogP contribution in [0.1, 0.15) is 34.2 Å². The largest absolute Gasteiger partial charge is 0.461 e.